The summed E-state index contributed by atoms with van der Waals surface area (Å²) in [6.07, 6.45) is 6.26. The van der Waals surface area contributed by atoms with Gasteiger partial charge >= 0.3 is 0 Å². The number of thioether (sulfide) groups is 1. The van der Waals surface area contributed by atoms with E-state index in [1.54, 1.807) is 11.8 Å². The Hall–Kier alpha value is -2.24. The number of amides is 2. The Bertz CT molecular complexity index is 1030. The molecule has 1 aliphatic heterocycles. The molecule has 0 spiro atoms. The van der Waals surface area contributed by atoms with Gasteiger partial charge in [0.1, 0.15) is 0 Å². The van der Waals surface area contributed by atoms with Gasteiger partial charge in [0, 0.05) is 35.3 Å². The van der Waals surface area contributed by atoms with Gasteiger partial charge in [0.25, 0.3) is 5.91 Å². The van der Waals surface area contributed by atoms with Crippen molar-refractivity contribution in [3.05, 3.63) is 75.7 Å². The van der Waals surface area contributed by atoms with E-state index in [9.17, 15) is 9.59 Å². The highest BCUT2D eigenvalue weighted by Gasteiger charge is 2.43. The largest absolute Gasteiger partial charge is 0.353 e. The van der Waals surface area contributed by atoms with Gasteiger partial charge in [-0.15, -0.1) is 11.8 Å². The molecule has 4 nitrogen and oxygen atoms in total. The summed E-state index contributed by atoms with van der Waals surface area (Å²) in [5.41, 5.74) is 2.15. The van der Waals surface area contributed by atoms with Crippen LogP contribution in [0.15, 0.2) is 59.5 Å². The average Bonchev–Trinajstić information content (AvgIpc) is 2.83. The quantitative estimate of drug-likeness (QED) is 0.548. The Morgan fingerprint density at radius 3 is 2.67 bits per heavy atom. The molecule has 4 rings (SSSR count). The van der Waals surface area contributed by atoms with Gasteiger partial charge in [0.05, 0.1) is 4.91 Å². The van der Waals surface area contributed by atoms with Gasteiger partial charge in [-0.1, -0.05) is 60.1 Å². The molecule has 2 amide bonds. The minimum Gasteiger partial charge on any atom is -0.353 e. The number of nitrogens with one attached hydrogen (secondary N) is 1. The van der Waals surface area contributed by atoms with Crippen LogP contribution in [0.5, 0.6) is 0 Å². The SMILES string of the molecule is CC(CCc1ccccc1)NC(=O)C1CCC2S/C(=C\c3ccccc3Cl)C(=O)N(C)C2C1. The van der Waals surface area contributed by atoms with Gasteiger partial charge in [0.15, 0.2) is 0 Å². The lowest BCUT2D eigenvalue weighted by Crippen LogP contribution is -2.52. The molecule has 4 atom stereocenters. The molecule has 6 heteroatoms. The number of halogens is 1. The number of fused-ring (bicyclic) bond motifs is 1. The maximum atomic E-state index is 13.1. The monoisotopic (exact) mass is 482 g/mol. The van der Waals surface area contributed by atoms with E-state index in [0.717, 1.165) is 42.6 Å². The van der Waals surface area contributed by atoms with E-state index in [0.29, 0.717) is 10.3 Å². The Morgan fingerprint density at radius 1 is 1.18 bits per heavy atom. The van der Waals surface area contributed by atoms with Crippen LogP contribution in [-0.4, -0.2) is 41.1 Å². The average molecular weight is 483 g/mol. The van der Waals surface area contributed by atoms with E-state index in [1.807, 2.05) is 60.5 Å². The molecule has 174 valence electrons. The zero-order chi connectivity index (χ0) is 23.4. The van der Waals surface area contributed by atoms with Gasteiger partial charge < -0.3 is 10.2 Å². The lowest BCUT2D eigenvalue weighted by atomic mass is 9.83. The summed E-state index contributed by atoms with van der Waals surface area (Å²) in [6.45, 7) is 2.07. The highest BCUT2D eigenvalue weighted by Crippen LogP contribution is 2.43. The van der Waals surface area contributed by atoms with Crippen LogP contribution in [0.4, 0.5) is 0 Å². The van der Waals surface area contributed by atoms with Crippen molar-refractivity contribution < 1.29 is 9.59 Å². The second-order valence-corrected chi connectivity index (χ2v) is 10.8. The maximum absolute atomic E-state index is 13.1. The summed E-state index contributed by atoms with van der Waals surface area (Å²) in [4.78, 5) is 28.6. The van der Waals surface area contributed by atoms with Crippen LogP contribution >= 0.6 is 23.4 Å². The second-order valence-electron chi connectivity index (χ2n) is 9.11. The summed E-state index contributed by atoms with van der Waals surface area (Å²) < 4.78 is 0. The van der Waals surface area contributed by atoms with E-state index in [2.05, 4.69) is 24.4 Å². The first-order chi connectivity index (χ1) is 15.9. The Kier molecular flexibility index (Phi) is 7.82. The van der Waals surface area contributed by atoms with E-state index in [4.69, 9.17) is 11.6 Å². The molecule has 33 heavy (non-hydrogen) atoms. The number of carbonyl (C=O) groups excluding carboxylic acids is 2. The number of aryl methyl sites for hydroxylation is 1. The van der Waals surface area contributed by atoms with E-state index < -0.39 is 0 Å². The fourth-order valence-corrected chi connectivity index (χ4v) is 6.39. The fraction of sp³-hybridized carbons (Fsp3) is 0.407. The first-order valence-corrected chi connectivity index (χ1v) is 12.9. The molecule has 1 saturated heterocycles. The Balaban J connectivity index is 1.34. The smallest absolute Gasteiger partial charge is 0.260 e. The molecule has 0 bridgehead atoms. The molecule has 0 radical (unpaired) electrons. The minimum atomic E-state index is -0.0460. The van der Waals surface area contributed by atoms with Crippen LogP contribution in [0, 0.1) is 5.92 Å². The number of likely N-dealkylation sites (N-methyl/N-ethyl adjacent to an activating group) is 1. The van der Waals surface area contributed by atoms with Crippen LogP contribution in [0.1, 0.15) is 43.7 Å². The Labute approximate surface area is 205 Å². The van der Waals surface area contributed by atoms with Crippen LogP contribution in [0.25, 0.3) is 6.08 Å². The van der Waals surface area contributed by atoms with Crippen LogP contribution in [0.2, 0.25) is 5.02 Å². The Morgan fingerprint density at radius 2 is 1.91 bits per heavy atom. The maximum Gasteiger partial charge on any atom is 0.260 e. The molecule has 2 aliphatic rings. The number of benzene rings is 2. The first kappa shape index (κ1) is 23.9. The van der Waals surface area contributed by atoms with Gasteiger partial charge in [-0.2, -0.15) is 0 Å². The highest BCUT2D eigenvalue weighted by atomic mass is 35.5. The minimum absolute atomic E-state index is 0.0125. The van der Waals surface area contributed by atoms with E-state index in [-0.39, 0.29) is 29.8 Å². The van der Waals surface area contributed by atoms with Gasteiger partial charge in [-0.05, 0) is 62.3 Å². The summed E-state index contributed by atoms with van der Waals surface area (Å²) in [7, 11) is 1.86. The number of carbonyl (C=O) groups is 2. The molecule has 1 aliphatic carbocycles. The normalized spacial score (nSPS) is 24.9. The number of rotatable bonds is 6. The molecule has 2 fully saturated rings. The molecular weight excluding hydrogens is 452 g/mol. The third-order valence-electron chi connectivity index (χ3n) is 6.72. The predicted octanol–water partition coefficient (Wildman–Crippen LogP) is 5.56. The third kappa shape index (κ3) is 5.82. The molecule has 0 aromatic heterocycles. The molecule has 1 heterocycles. The lowest BCUT2D eigenvalue weighted by molar-refractivity contribution is -0.132. The van der Waals surface area contributed by atoms with Gasteiger partial charge in [0.2, 0.25) is 5.91 Å². The second kappa shape index (κ2) is 10.8. The molecule has 2 aromatic rings. The molecule has 1 saturated carbocycles. The highest BCUT2D eigenvalue weighted by molar-refractivity contribution is 8.04. The molecule has 1 N–H and O–H groups in total. The summed E-state index contributed by atoms with van der Waals surface area (Å²) in [6, 6.07) is 18.1. The number of hydrogen-bond acceptors (Lipinski definition) is 3. The van der Waals surface area contributed by atoms with Crippen molar-refractivity contribution in [2.45, 2.75) is 56.4 Å². The van der Waals surface area contributed by atoms with Crippen LogP contribution < -0.4 is 5.32 Å². The van der Waals surface area contributed by atoms with Crippen molar-refractivity contribution in [3.8, 4) is 0 Å². The predicted molar refractivity (Wildman–Crippen MR) is 137 cm³/mol. The number of hydrogen-bond donors (Lipinski definition) is 1. The number of nitrogens with zero attached hydrogens (tertiary/aromatic N) is 1. The zero-order valence-electron chi connectivity index (χ0n) is 19.2. The van der Waals surface area contributed by atoms with Crippen LogP contribution in [0.3, 0.4) is 0 Å². The fourth-order valence-electron chi connectivity index (χ4n) is 4.73. The first-order valence-electron chi connectivity index (χ1n) is 11.7. The van der Waals surface area contributed by atoms with Crippen molar-refractivity contribution in [1.29, 1.82) is 0 Å². The van der Waals surface area contributed by atoms with Crippen molar-refractivity contribution >= 4 is 41.3 Å². The van der Waals surface area contributed by atoms with E-state index in [1.165, 1.54) is 5.56 Å². The summed E-state index contributed by atoms with van der Waals surface area (Å²) >= 11 is 7.94. The third-order valence-corrected chi connectivity index (χ3v) is 8.47. The lowest BCUT2D eigenvalue weighted by Gasteiger charge is -2.44. The van der Waals surface area contributed by atoms with Crippen molar-refractivity contribution in [2.24, 2.45) is 5.92 Å². The molecular formula is C27H31ClN2O2S. The molecule has 4 unspecified atom stereocenters. The van der Waals surface area contributed by atoms with Crippen molar-refractivity contribution in [1.82, 2.24) is 10.2 Å². The van der Waals surface area contributed by atoms with Gasteiger partial charge in [-0.25, -0.2) is 0 Å². The van der Waals surface area contributed by atoms with Crippen molar-refractivity contribution in [3.63, 3.8) is 0 Å². The zero-order valence-corrected chi connectivity index (χ0v) is 20.7. The topological polar surface area (TPSA) is 49.4 Å². The van der Waals surface area contributed by atoms with Crippen molar-refractivity contribution in [2.75, 3.05) is 7.05 Å². The summed E-state index contributed by atoms with van der Waals surface area (Å²) in [5, 5.41) is 4.16. The van der Waals surface area contributed by atoms with Crippen LogP contribution in [-0.2, 0) is 16.0 Å². The molecule has 2 aromatic carbocycles. The standard InChI is InChI=1S/C27H31ClN2O2S/c1-18(12-13-19-8-4-3-5-9-19)29-26(31)21-14-15-24-23(16-21)30(2)27(32)25(33-24)17-20-10-6-7-11-22(20)28/h3-11,17-18,21,23-24H,12-16H2,1-2H3,(H,29,31)/b25-17-. The van der Waals surface area contributed by atoms with E-state index >= 15 is 0 Å². The van der Waals surface area contributed by atoms with Gasteiger partial charge in [-0.3, -0.25) is 9.59 Å². The summed E-state index contributed by atoms with van der Waals surface area (Å²) in [5.74, 6) is 0.0890.